The molecule has 1 atom stereocenters. The van der Waals surface area contributed by atoms with Crippen LogP contribution in [0.4, 0.5) is 0 Å². The van der Waals surface area contributed by atoms with Gasteiger partial charge in [-0.3, -0.25) is 14.7 Å². The summed E-state index contributed by atoms with van der Waals surface area (Å²) >= 11 is 5.84. The number of carbonyl (C=O) groups is 1. The van der Waals surface area contributed by atoms with Gasteiger partial charge in [0.15, 0.2) is 0 Å². The van der Waals surface area contributed by atoms with E-state index in [1.54, 1.807) is 6.20 Å². The van der Waals surface area contributed by atoms with Crippen LogP contribution in [0.1, 0.15) is 32.4 Å². The van der Waals surface area contributed by atoms with Crippen molar-refractivity contribution in [2.24, 2.45) is 5.92 Å². The second kappa shape index (κ2) is 7.76. The predicted octanol–water partition coefficient (Wildman–Crippen LogP) is 2.82. The van der Waals surface area contributed by atoms with Gasteiger partial charge < -0.3 is 4.90 Å². The summed E-state index contributed by atoms with van der Waals surface area (Å²) < 4.78 is 0. The van der Waals surface area contributed by atoms with Crippen LogP contribution < -0.4 is 0 Å². The normalized spacial score (nSPS) is 17.8. The lowest BCUT2D eigenvalue weighted by Crippen LogP contribution is -2.49. The molecule has 1 fully saturated rings. The Morgan fingerprint density at radius 1 is 1.33 bits per heavy atom. The maximum absolute atomic E-state index is 12.3. The number of hydrogen-bond donors (Lipinski definition) is 0. The van der Waals surface area contributed by atoms with E-state index in [9.17, 15) is 4.79 Å². The van der Waals surface area contributed by atoms with Gasteiger partial charge in [-0.2, -0.15) is 0 Å². The van der Waals surface area contributed by atoms with Gasteiger partial charge in [-0.15, -0.1) is 0 Å². The van der Waals surface area contributed by atoms with Crippen molar-refractivity contribution < 1.29 is 4.79 Å². The molecule has 2 heterocycles. The molecule has 1 aromatic rings. The molecule has 0 aliphatic carbocycles. The molecule has 4 nitrogen and oxygen atoms in total. The molecular formula is C16H24ClN3O. The highest BCUT2D eigenvalue weighted by molar-refractivity contribution is 6.30. The third-order valence-corrected chi connectivity index (χ3v) is 4.23. The number of carbonyl (C=O) groups excluding carboxylic acids is 1. The number of hydrogen-bond acceptors (Lipinski definition) is 3. The van der Waals surface area contributed by atoms with Gasteiger partial charge in [-0.05, 0) is 18.6 Å². The minimum absolute atomic E-state index is 0.152. The SMILES string of the molecule is CCCC(C)C(=O)N1CCN(Cc2ccc(Cl)cn2)CC1. The number of aromatic nitrogens is 1. The molecule has 0 aromatic carbocycles. The lowest BCUT2D eigenvalue weighted by molar-refractivity contribution is -0.137. The minimum atomic E-state index is 0.152. The van der Waals surface area contributed by atoms with Gasteiger partial charge in [0.2, 0.25) is 5.91 Å². The van der Waals surface area contributed by atoms with Crippen LogP contribution in [0.25, 0.3) is 0 Å². The number of rotatable bonds is 5. The van der Waals surface area contributed by atoms with E-state index in [2.05, 4.69) is 16.8 Å². The van der Waals surface area contributed by atoms with E-state index in [0.29, 0.717) is 10.9 Å². The van der Waals surface area contributed by atoms with Gasteiger partial charge in [-0.1, -0.05) is 31.9 Å². The molecule has 0 radical (unpaired) electrons. The summed E-state index contributed by atoms with van der Waals surface area (Å²) in [6.07, 6.45) is 3.73. The van der Waals surface area contributed by atoms with Gasteiger partial charge in [0.25, 0.3) is 0 Å². The molecule has 0 saturated carbocycles. The Labute approximate surface area is 132 Å². The van der Waals surface area contributed by atoms with E-state index in [4.69, 9.17) is 11.6 Å². The fourth-order valence-electron chi connectivity index (χ4n) is 2.72. The molecule has 0 bridgehead atoms. The average Bonchev–Trinajstić information content (AvgIpc) is 2.50. The Morgan fingerprint density at radius 2 is 2.05 bits per heavy atom. The lowest BCUT2D eigenvalue weighted by atomic mass is 10.0. The van der Waals surface area contributed by atoms with Crippen molar-refractivity contribution in [1.82, 2.24) is 14.8 Å². The topological polar surface area (TPSA) is 36.4 Å². The molecule has 5 heteroatoms. The Hall–Kier alpha value is -1.13. The van der Waals surface area contributed by atoms with Crippen LogP contribution in [0, 0.1) is 5.92 Å². The first kappa shape index (κ1) is 16.2. The maximum Gasteiger partial charge on any atom is 0.225 e. The van der Waals surface area contributed by atoms with Crippen LogP contribution in [0.3, 0.4) is 0 Å². The van der Waals surface area contributed by atoms with E-state index < -0.39 is 0 Å². The van der Waals surface area contributed by atoms with Crippen LogP contribution in [-0.4, -0.2) is 46.9 Å². The highest BCUT2D eigenvalue weighted by Crippen LogP contribution is 2.14. The van der Waals surface area contributed by atoms with Crippen molar-refractivity contribution in [2.75, 3.05) is 26.2 Å². The number of nitrogens with zero attached hydrogens (tertiary/aromatic N) is 3. The van der Waals surface area contributed by atoms with E-state index in [-0.39, 0.29) is 5.92 Å². The third kappa shape index (κ3) is 4.68. The second-order valence-corrected chi connectivity index (χ2v) is 6.20. The van der Waals surface area contributed by atoms with Crippen molar-refractivity contribution >= 4 is 17.5 Å². The first-order valence-electron chi connectivity index (χ1n) is 7.71. The van der Waals surface area contributed by atoms with Crippen molar-refractivity contribution in [2.45, 2.75) is 33.2 Å². The molecule has 21 heavy (non-hydrogen) atoms. The summed E-state index contributed by atoms with van der Waals surface area (Å²) in [7, 11) is 0. The third-order valence-electron chi connectivity index (χ3n) is 4.00. The van der Waals surface area contributed by atoms with Crippen LogP contribution >= 0.6 is 11.6 Å². The van der Waals surface area contributed by atoms with Crippen LogP contribution in [0.5, 0.6) is 0 Å². The summed E-state index contributed by atoms with van der Waals surface area (Å²) in [5.41, 5.74) is 1.03. The Morgan fingerprint density at radius 3 is 2.62 bits per heavy atom. The smallest absolute Gasteiger partial charge is 0.225 e. The van der Waals surface area contributed by atoms with E-state index in [1.165, 1.54) is 0 Å². The van der Waals surface area contributed by atoms with E-state index in [1.807, 2.05) is 24.0 Å². The van der Waals surface area contributed by atoms with Gasteiger partial charge in [-0.25, -0.2) is 0 Å². The molecule has 1 aliphatic heterocycles. The minimum Gasteiger partial charge on any atom is -0.340 e. The fraction of sp³-hybridized carbons (Fsp3) is 0.625. The molecule has 1 aliphatic rings. The summed E-state index contributed by atoms with van der Waals surface area (Å²) in [5, 5.41) is 0.666. The standard InChI is InChI=1S/C16H24ClN3O/c1-3-4-13(2)16(21)20-9-7-19(8-10-20)12-15-6-5-14(17)11-18-15/h5-6,11,13H,3-4,7-10,12H2,1-2H3. The monoisotopic (exact) mass is 309 g/mol. The molecular weight excluding hydrogens is 286 g/mol. The van der Waals surface area contributed by atoms with Crippen molar-refractivity contribution in [3.05, 3.63) is 29.0 Å². The second-order valence-electron chi connectivity index (χ2n) is 5.76. The van der Waals surface area contributed by atoms with Gasteiger partial charge in [0, 0.05) is 44.8 Å². The molecule has 1 saturated heterocycles. The Kier molecular flexibility index (Phi) is 6.00. The largest absolute Gasteiger partial charge is 0.340 e. The first-order chi connectivity index (χ1) is 10.1. The van der Waals surface area contributed by atoms with Gasteiger partial charge >= 0.3 is 0 Å². The quantitative estimate of drug-likeness (QED) is 0.839. The lowest BCUT2D eigenvalue weighted by Gasteiger charge is -2.35. The number of amides is 1. The first-order valence-corrected chi connectivity index (χ1v) is 8.09. The van der Waals surface area contributed by atoms with Gasteiger partial charge in [0.05, 0.1) is 10.7 Å². The predicted molar refractivity (Wildman–Crippen MR) is 85.2 cm³/mol. The fourth-order valence-corrected chi connectivity index (χ4v) is 2.84. The number of halogens is 1. The summed E-state index contributed by atoms with van der Waals surface area (Å²) in [6, 6.07) is 3.83. The Balaban J connectivity index is 1.80. The summed E-state index contributed by atoms with van der Waals surface area (Å²) in [4.78, 5) is 20.9. The molecule has 1 unspecified atom stereocenters. The molecule has 1 aromatic heterocycles. The molecule has 0 spiro atoms. The average molecular weight is 310 g/mol. The number of pyridine rings is 1. The maximum atomic E-state index is 12.3. The molecule has 1 amide bonds. The summed E-state index contributed by atoms with van der Waals surface area (Å²) in [6.45, 7) is 8.45. The Bertz CT molecular complexity index is 455. The molecule has 0 N–H and O–H groups in total. The van der Waals surface area contributed by atoms with Gasteiger partial charge in [0.1, 0.15) is 0 Å². The van der Waals surface area contributed by atoms with E-state index in [0.717, 1.165) is 51.3 Å². The molecule has 2 rings (SSSR count). The number of piperazine rings is 1. The zero-order valence-electron chi connectivity index (χ0n) is 12.9. The summed E-state index contributed by atoms with van der Waals surface area (Å²) in [5.74, 6) is 0.459. The van der Waals surface area contributed by atoms with Crippen molar-refractivity contribution in [3.63, 3.8) is 0 Å². The highest BCUT2D eigenvalue weighted by atomic mass is 35.5. The highest BCUT2D eigenvalue weighted by Gasteiger charge is 2.24. The molecule has 116 valence electrons. The zero-order valence-corrected chi connectivity index (χ0v) is 13.6. The van der Waals surface area contributed by atoms with Crippen LogP contribution in [0.2, 0.25) is 5.02 Å². The van der Waals surface area contributed by atoms with Crippen LogP contribution in [0.15, 0.2) is 18.3 Å². The van der Waals surface area contributed by atoms with Crippen LogP contribution in [-0.2, 0) is 11.3 Å². The zero-order chi connectivity index (χ0) is 15.2. The van der Waals surface area contributed by atoms with Crippen molar-refractivity contribution in [1.29, 1.82) is 0 Å². The van der Waals surface area contributed by atoms with E-state index >= 15 is 0 Å². The van der Waals surface area contributed by atoms with Crippen molar-refractivity contribution in [3.8, 4) is 0 Å².